The number of anilines is 3. The van der Waals surface area contributed by atoms with Gasteiger partial charge in [0.2, 0.25) is 5.95 Å². The number of amides is 1. The Bertz CT molecular complexity index is 737. The first-order chi connectivity index (χ1) is 10.6. The van der Waals surface area contributed by atoms with Gasteiger partial charge in [0.1, 0.15) is 5.75 Å². The molecule has 2 aromatic rings. The van der Waals surface area contributed by atoms with Crippen molar-refractivity contribution in [2.24, 2.45) is 0 Å². The van der Waals surface area contributed by atoms with Gasteiger partial charge in [-0.05, 0) is 18.2 Å². The number of aromatic nitrogens is 2. The zero-order valence-electron chi connectivity index (χ0n) is 11.8. The topological polar surface area (TPSA) is 102 Å². The number of hydrogen-bond donors (Lipinski definition) is 3. The van der Waals surface area contributed by atoms with E-state index in [-0.39, 0.29) is 17.7 Å². The minimum Gasteiger partial charge on any atom is -0.480 e. The second-order valence-electron chi connectivity index (χ2n) is 4.80. The molecule has 22 heavy (non-hydrogen) atoms. The number of benzene rings is 1. The molecule has 0 aliphatic carbocycles. The number of nitrogens with two attached hydrogens (primary N) is 1. The number of nitrogen functional groups attached to an aromatic ring is 1. The molecule has 1 aromatic heterocycles. The summed E-state index contributed by atoms with van der Waals surface area (Å²) >= 11 is 0. The fraction of sp³-hybridized carbons (Fsp3) is 0.214. The molecule has 1 aromatic carbocycles. The molecule has 0 fully saturated rings. The van der Waals surface area contributed by atoms with Gasteiger partial charge in [-0.15, -0.1) is 0 Å². The van der Waals surface area contributed by atoms with Crippen LogP contribution in [-0.2, 0) is 11.2 Å². The summed E-state index contributed by atoms with van der Waals surface area (Å²) in [6.45, 7) is 0. The van der Waals surface area contributed by atoms with Crippen LogP contribution in [0.15, 0.2) is 24.4 Å². The Kier molecular flexibility index (Phi) is 3.50. The molecule has 3 rings (SSSR count). The summed E-state index contributed by atoms with van der Waals surface area (Å²) < 4.78 is 18.6. The number of rotatable bonds is 3. The summed E-state index contributed by atoms with van der Waals surface area (Å²) in [6.07, 6.45) is 0.965. The molecule has 1 aliphatic heterocycles. The van der Waals surface area contributed by atoms with E-state index in [1.54, 1.807) is 19.2 Å². The number of carbonyl (C=O) groups is 1. The van der Waals surface area contributed by atoms with E-state index in [0.717, 1.165) is 11.8 Å². The summed E-state index contributed by atoms with van der Waals surface area (Å²) in [5.41, 5.74) is 7.00. The zero-order chi connectivity index (χ0) is 15.7. The maximum absolute atomic E-state index is 13.0. The molecule has 7 nitrogen and oxygen atoms in total. The summed E-state index contributed by atoms with van der Waals surface area (Å²) in [5.74, 6) is -0.192. The lowest BCUT2D eigenvalue weighted by Gasteiger charge is -2.08. The third kappa shape index (κ3) is 2.62. The van der Waals surface area contributed by atoms with Gasteiger partial charge in [0.25, 0.3) is 5.91 Å². The Balaban J connectivity index is 1.78. The minimum atomic E-state index is -0.665. The van der Waals surface area contributed by atoms with Gasteiger partial charge in [-0.2, -0.15) is 4.98 Å². The highest BCUT2D eigenvalue weighted by Gasteiger charge is 2.28. The predicted octanol–water partition coefficient (Wildman–Crippen LogP) is 0.991. The maximum atomic E-state index is 13.0. The lowest BCUT2D eigenvalue weighted by atomic mass is 10.1. The van der Waals surface area contributed by atoms with Crippen LogP contribution in [0.1, 0.15) is 5.56 Å². The number of hydrogen-bond acceptors (Lipinski definition) is 6. The molecule has 0 saturated carbocycles. The number of fused-ring (bicyclic) bond motifs is 1. The Morgan fingerprint density at radius 1 is 1.50 bits per heavy atom. The monoisotopic (exact) mass is 303 g/mol. The lowest BCUT2D eigenvalue weighted by molar-refractivity contribution is -0.126. The van der Waals surface area contributed by atoms with Crippen LogP contribution in [-0.4, -0.2) is 29.0 Å². The maximum Gasteiger partial charge on any atom is 0.261 e. The van der Waals surface area contributed by atoms with Crippen molar-refractivity contribution in [1.29, 1.82) is 0 Å². The zero-order valence-corrected chi connectivity index (χ0v) is 11.8. The van der Waals surface area contributed by atoms with Gasteiger partial charge in [0.15, 0.2) is 17.7 Å². The Hall–Kier alpha value is -2.90. The number of ether oxygens (including phenoxy) is 1. The first-order valence-electron chi connectivity index (χ1n) is 6.63. The average Bonchev–Trinajstić information content (AvgIpc) is 2.93. The van der Waals surface area contributed by atoms with E-state index in [2.05, 4.69) is 20.6 Å². The number of nitrogens with zero attached hydrogens (tertiary/aromatic N) is 2. The van der Waals surface area contributed by atoms with Crippen molar-refractivity contribution in [2.75, 3.05) is 18.1 Å². The first-order valence-corrected chi connectivity index (χ1v) is 6.63. The second-order valence-corrected chi connectivity index (χ2v) is 4.80. The molecule has 1 unspecified atom stereocenters. The summed E-state index contributed by atoms with van der Waals surface area (Å²) in [7, 11) is 1.57. The molecule has 0 bridgehead atoms. The van der Waals surface area contributed by atoms with Crippen LogP contribution < -0.4 is 21.1 Å². The molecule has 1 amide bonds. The van der Waals surface area contributed by atoms with Gasteiger partial charge in [-0.25, -0.2) is 9.37 Å². The van der Waals surface area contributed by atoms with Gasteiger partial charge >= 0.3 is 0 Å². The molecule has 0 radical (unpaired) electrons. The van der Waals surface area contributed by atoms with Crippen LogP contribution in [0.3, 0.4) is 0 Å². The Morgan fingerprint density at radius 2 is 2.32 bits per heavy atom. The van der Waals surface area contributed by atoms with Crippen LogP contribution in [0.25, 0.3) is 0 Å². The van der Waals surface area contributed by atoms with Crippen molar-refractivity contribution < 1.29 is 13.9 Å². The quantitative estimate of drug-likeness (QED) is 0.781. The lowest BCUT2D eigenvalue weighted by Crippen LogP contribution is -2.34. The molecular formula is C14H14FN5O2. The van der Waals surface area contributed by atoms with E-state index in [1.807, 2.05) is 6.07 Å². The van der Waals surface area contributed by atoms with E-state index >= 15 is 0 Å². The van der Waals surface area contributed by atoms with Crippen LogP contribution in [0.5, 0.6) is 5.75 Å². The van der Waals surface area contributed by atoms with E-state index in [4.69, 9.17) is 10.5 Å². The van der Waals surface area contributed by atoms with Crippen LogP contribution in [0, 0.1) is 5.82 Å². The molecule has 1 aliphatic rings. The SMILES string of the molecule is CNC(=O)C1Cc2cc(Nc3ncc(F)c(N)n3)ccc2O1. The third-order valence-corrected chi connectivity index (χ3v) is 3.30. The van der Waals surface area contributed by atoms with Crippen LogP contribution in [0.4, 0.5) is 21.8 Å². The fourth-order valence-electron chi connectivity index (χ4n) is 2.20. The van der Waals surface area contributed by atoms with Crippen molar-refractivity contribution in [3.63, 3.8) is 0 Å². The van der Waals surface area contributed by atoms with Crippen LogP contribution >= 0.6 is 0 Å². The summed E-state index contributed by atoms with van der Waals surface area (Å²) in [6, 6.07) is 5.35. The van der Waals surface area contributed by atoms with E-state index in [1.165, 1.54) is 0 Å². The molecular weight excluding hydrogens is 289 g/mol. The third-order valence-electron chi connectivity index (χ3n) is 3.30. The van der Waals surface area contributed by atoms with Crippen molar-refractivity contribution in [1.82, 2.24) is 15.3 Å². The largest absolute Gasteiger partial charge is 0.480 e. The average molecular weight is 303 g/mol. The van der Waals surface area contributed by atoms with Gasteiger partial charge in [-0.3, -0.25) is 4.79 Å². The van der Waals surface area contributed by atoms with Crippen molar-refractivity contribution >= 4 is 23.4 Å². The van der Waals surface area contributed by atoms with E-state index < -0.39 is 11.9 Å². The predicted molar refractivity (Wildman–Crippen MR) is 78.3 cm³/mol. The highest BCUT2D eigenvalue weighted by Crippen LogP contribution is 2.32. The molecule has 2 heterocycles. The normalized spacial score (nSPS) is 15.8. The van der Waals surface area contributed by atoms with Gasteiger partial charge in [-0.1, -0.05) is 0 Å². The smallest absolute Gasteiger partial charge is 0.261 e. The van der Waals surface area contributed by atoms with E-state index in [9.17, 15) is 9.18 Å². The highest BCUT2D eigenvalue weighted by molar-refractivity contribution is 5.82. The van der Waals surface area contributed by atoms with Crippen molar-refractivity contribution in [3.05, 3.63) is 35.8 Å². The fourth-order valence-corrected chi connectivity index (χ4v) is 2.20. The molecule has 0 saturated heterocycles. The number of nitrogens with one attached hydrogen (secondary N) is 2. The van der Waals surface area contributed by atoms with Crippen LogP contribution in [0.2, 0.25) is 0 Å². The highest BCUT2D eigenvalue weighted by atomic mass is 19.1. The van der Waals surface area contributed by atoms with Crippen molar-refractivity contribution in [2.45, 2.75) is 12.5 Å². The van der Waals surface area contributed by atoms with Gasteiger partial charge < -0.3 is 21.1 Å². The number of halogens is 1. The molecule has 0 spiro atoms. The first kappa shape index (κ1) is 14.1. The molecule has 4 N–H and O–H groups in total. The standard InChI is InChI=1S/C14H14FN5O2/c1-17-13(21)11-5-7-4-8(2-3-10(7)22-11)19-14-18-6-9(15)12(16)20-14/h2-4,6,11H,5H2,1H3,(H,17,21)(H3,16,18,19,20). The summed E-state index contributed by atoms with van der Waals surface area (Å²) in [4.78, 5) is 19.2. The minimum absolute atomic E-state index is 0.166. The Labute approximate surface area is 125 Å². The Morgan fingerprint density at radius 3 is 3.05 bits per heavy atom. The molecule has 1 atom stereocenters. The number of carbonyl (C=O) groups excluding carboxylic acids is 1. The second kappa shape index (κ2) is 5.47. The summed E-state index contributed by atoms with van der Waals surface area (Å²) in [5, 5.41) is 5.49. The molecule has 114 valence electrons. The van der Waals surface area contributed by atoms with Gasteiger partial charge in [0.05, 0.1) is 6.20 Å². The van der Waals surface area contributed by atoms with E-state index in [0.29, 0.717) is 17.9 Å². The van der Waals surface area contributed by atoms with Crippen molar-refractivity contribution in [3.8, 4) is 5.75 Å². The van der Waals surface area contributed by atoms with Gasteiger partial charge in [0, 0.05) is 24.7 Å². The number of likely N-dealkylation sites (N-methyl/N-ethyl adjacent to an activating group) is 1. The molecule has 8 heteroatoms.